The van der Waals surface area contributed by atoms with Crippen LogP contribution in [0.5, 0.6) is 0 Å². The molecule has 0 spiro atoms. The quantitative estimate of drug-likeness (QED) is 0.621. The normalized spacial score (nSPS) is 9.90. The van der Waals surface area contributed by atoms with Crippen LogP contribution in [0.1, 0.15) is 31.8 Å². The van der Waals surface area contributed by atoms with Crippen molar-refractivity contribution in [1.82, 2.24) is 0 Å². The second-order valence-electron chi connectivity index (χ2n) is 4.42. The summed E-state index contributed by atoms with van der Waals surface area (Å²) in [7, 11) is 0. The SMILES string of the molecule is Cc1ccc(C(=O)OOC(=O)c2ccccc2C)cc1. The molecule has 0 amide bonds. The first-order valence-electron chi connectivity index (χ1n) is 6.13. The number of carbonyl (C=O) groups is 2. The molecule has 4 nitrogen and oxygen atoms in total. The summed E-state index contributed by atoms with van der Waals surface area (Å²) < 4.78 is 0. The van der Waals surface area contributed by atoms with Crippen molar-refractivity contribution in [3.8, 4) is 0 Å². The van der Waals surface area contributed by atoms with Crippen LogP contribution in [-0.4, -0.2) is 11.9 Å². The first-order chi connectivity index (χ1) is 9.58. The first kappa shape index (κ1) is 13.8. The number of hydrogen-bond donors (Lipinski definition) is 0. The summed E-state index contributed by atoms with van der Waals surface area (Å²) in [4.78, 5) is 32.6. The van der Waals surface area contributed by atoms with E-state index in [-0.39, 0.29) is 0 Å². The summed E-state index contributed by atoms with van der Waals surface area (Å²) >= 11 is 0. The Labute approximate surface area is 116 Å². The van der Waals surface area contributed by atoms with Crippen molar-refractivity contribution < 1.29 is 19.4 Å². The minimum absolute atomic E-state index is 0.327. The molecule has 2 aromatic rings. The average Bonchev–Trinajstić information content (AvgIpc) is 2.45. The lowest BCUT2D eigenvalue weighted by Gasteiger charge is -2.05. The molecule has 0 heterocycles. The lowest BCUT2D eigenvalue weighted by molar-refractivity contribution is -0.187. The summed E-state index contributed by atoms with van der Waals surface area (Å²) in [6.45, 7) is 3.69. The monoisotopic (exact) mass is 270 g/mol. The predicted octanol–water partition coefficient (Wildman–Crippen LogP) is 3.23. The highest BCUT2D eigenvalue weighted by Crippen LogP contribution is 2.10. The van der Waals surface area contributed by atoms with Gasteiger partial charge >= 0.3 is 11.9 Å². The van der Waals surface area contributed by atoms with Gasteiger partial charge in [-0.15, -0.1) is 0 Å². The molecule has 4 heteroatoms. The summed E-state index contributed by atoms with van der Waals surface area (Å²) in [6, 6.07) is 13.7. The summed E-state index contributed by atoms with van der Waals surface area (Å²) in [5.74, 6) is -1.39. The van der Waals surface area contributed by atoms with E-state index in [0.29, 0.717) is 11.1 Å². The summed E-state index contributed by atoms with van der Waals surface area (Å²) in [5.41, 5.74) is 2.47. The van der Waals surface area contributed by atoms with Gasteiger partial charge in [0.1, 0.15) is 0 Å². The maximum Gasteiger partial charge on any atom is 0.386 e. The van der Waals surface area contributed by atoms with Crippen LogP contribution in [0.25, 0.3) is 0 Å². The van der Waals surface area contributed by atoms with Crippen molar-refractivity contribution in [2.24, 2.45) is 0 Å². The third-order valence-corrected chi connectivity index (χ3v) is 2.85. The Hall–Kier alpha value is -2.62. The van der Waals surface area contributed by atoms with E-state index in [1.54, 1.807) is 49.4 Å². The molecule has 0 aliphatic rings. The molecule has 0 bridgehead atoms. The van der Waals surface area contributed by atoms with E-state index in [4.69, 9.17) is 0 Å². The molecule has 0 aromatic heterocycles. The van der Waals surface area contributed by atoms with Crippen LogP contribution in [0.2, 0.25) is 0 Å². The van der Waals surface area contributed by atoms with Crippen LogP contribution < -0.4 is 0 Å². The molecule has 0 radical (unpaired) electrons. The summed E-state index contributed by atoms with van der Waals surface area (Å²) in [5, 5.41) is 0. The van der Waals surface area contributed by atoms with Crippen molar-refractivity contribution >= 4 is 11.9 Å². The second-order valence-corrected chi connectivity index (χ2v) is 4.42. The third-order valence-electron chi connectivity index (χ3n) is 2.85. The van der Waals surface area contributed by atoms with Gasteiger partial charge in [0.15, 0.2) is 0 Å². The Bertz CT molecular complexity index is 629. The maximum atomic E-state index is 11.8. The van der Waals surface area contributed by atoms with E-state index < -0.39 is 11.9 Å². The second kappa shape index (κ2) is 6.02. The Kier molecular flexibility index (Phi) is 4.15. The van der Waals surface area contributed by atoms with Gasteiger partial charge in [-0.3, -0.25) is 0 Å². The molecule has 0 saturated heterocycles. The van der Waals surface area contributed by atoms with E-state index in [1.807, 2.05) is 13.0 Å². The van der Waals surface area contributed by atoms with E-state index >= 15 is 0 Å². The topological polar surface area (TPSA) is 52.6 Å². The van der Waals surface area contributed by atoms with E-state index in [9.17, 15) is 9.59 Å². The Morgan fingerprint density at radius 3 is 2.05 bits per heavy atom. The minimum Gasteiger partial charge on any atom is -0.242 e. The minimum atomic E-state index is -0.702. The largest absolute Gasteiger partial charge is 0.386 e. The number of rotatable bonds is 2. The van der Waals surface area contributed by atoms with Gasteiger partial charge in [-0.1, -0.05) is 35.9 Å². The van der Waals surface area contributed by atoms with Gasteiger partial charge in [-0.25, -0.2) is 19.4 Å². The standard InChI is InChI=1S/C16H14O4/c1-11-7-9-13(10-8-11)15(17)19-20-16(18)14-6-4-3-5-12(14)2/h3-10H,1-2H3. The molecule has 2 aromatic carbocycles. The molecule has 0 atom stereocenters. The predicted molar refractivity (Wildman–Crippen MR) is 73.2 cm³/mol. The summed E-state index contributed by atoms with van der Waals surface area (Å²) in [6.07, 6.45) is 0. The fourth-order valence-corrected chi connectivity index (χ4v) is 1.66. The van der Waals surface area contributed by atoms with Crippen LogP contribution in [0.3, 0.4) is 0 Å². The van der Waals surface area contributed by atoms with Crippen LogP contribution >= 0.6 is 0 Å². The lowest BCUT2D eigenvalue weighted by Crippen LogP contribution is -2.12. The van der Waals surface area contributed by atoms with E-state index in [1.165, 1.54) is 0 Å². The van der Waals surface area contributed by atoms with Gasteiger partial charge in [0.25, 0.3) is 0 Å². The molecule has 0 unspecified atom stereocenters. The molecular formula is C16H14O4. The molecule has 0 aliphatic heterocycles. The van der Waals surface area contributed by atoms with Crippen molar-refractivity contribution in [1.29, 1.82) is 0 Å². The zero-order valence-electron chi connectivity index (χ0n) is 11.3. The highest BCUT2D eigenvalue weighted by atomic mass is 17.2. The van der Waals surface area contributed by atoms with Gasteiger partial charge < -0.3 is 0 Å². The molecule has 0 saturated carbocycles. The molecule has 2 rings (SSSR count). The zero-order chi connectivity index (χ0) is 14.5. The Balaban J connectivity index is 1.99. The number of hydrogen-bond acceptors (Lipinski definition) is 4. The smallest absolute Gasteiger partial charge is 0.242 e. The molecular weight excluding hydrogens is 256 g/mol. The number of carbonyl (C=O) groups excluding carboxylic acids is 2. The van der Waals surface area contributed by atoms with Gasteiger partial charge in [0.05, 0.1) is 11.1 Å². The van der Waals surface area contributed by atoms with Gasteiger partial charge in [0, 0.05) is 0 Å². The number of aryl methyl sites for hydroxylation is 2. The average molecular weight is 270 g/mol. The molecule has 0 aliphatic carbocycles. The van der Waals surface area contributed by atoms with Crippen molar-refractivity contribution in [3.63, 3.8) is 0 Å². The van der Waals surface area contributed by atoms with Crippen molar-refractivity contribution in [2.45, 2.75) is 13.8 Å². The molecule has 102 valence electrons. The van der Waals surface area contributed by atoms with Crippen LogP contribution in [0, 0.1) is 13.8 Å². The fraction of sp³-hybridized carbons (Fsp3) is 0.125. The van der Waals surface area contributed by atoms with Crippen molar-refractivity contribution in [2.75, 3.05) is 0 Å². The van der Waals surface area contributed by atoms with Crippen molar-refractivity contribution in [3.05, 3.63) is 70.8 Å². The number of benzene rings is 2. The zero-order valence-corrected chi connectivity index (χ0v) is 11.3. The van der Waals surface area contributed by atoms with Gasteiger partial charge in [0.2, 0.25) is 0 Å². The maximum absolute atomic E-state index is 11.8. The highest BCUT2D eigenvalue weighted by Gasteiger charge is 2.15. The molecule has 0 fully saturated rings. The van der Waals surface area contributed by atoms with Crippen LogP contribution in [0.4, 0.5) is 0 Å². The highest BCUT2D eigenvalue weighted by molar-refractivity contribution is 5.93. The fourth-order valence-electron chi connectivity index (χ4n) is 1.66. The molecule has 20 heavy (non-hydrogen) atoms. The first-order valence-corrected chi connectivity index (χ1v) is 6.13. The van der Waals surface area contributed by atoms with E-state index in [0.717, 1.165) is 11.1 Å². The Morgan fingerprint density at radius 1 is 0.800 bits per heavy atom. The molecule has 0 N–H and O–H groups in total. The lowest BCUT2D eigenvalue weighted by atomic mass is 10.1. The van der Waals surface area contributed by atoms with E-state index in [2.05, 4.69) is 9.78 Å². The van der Waals surface area contributed by atoms with Crippen LogP contribution in [-0.2, 0) is 9.78 Å². The van der Waals surface area contributed by atoms with Crippen LogP contribution in [0.15, 0.2) is 48.5 Å². The third kappa shape index (κ3) is 3.23. The Morgan fingerprint density at radius 2 is 1.40 bits per heavy atom. The van der Waals surface area contributed by atoms with Gasteiger partial charge in [-0.2, -0.15) is 0 Å². The van der Waals surface area contributed by atoms with Gasteiger partial charge in [-0.05, 0) is 37.6 Å².